The first-order chi connectivity index (χ1) is 8.20. The van der Waals surface area contributed by atoms with Gasteiger partial charge in [0, 0.05) is 0 Å². The Morgan fingerprint density at radius 2 is 2.41 bits per heavy atom. The van der Waals surface area contributed by atoms with Gasteiger partial charge in [0.25, 0.3) is 5.91 Å². The van der Waals surface area contributed by atoms with E-state index in [0.29, 0.717) is 16.5 Å². The third-order valence-electron chi connectivity index (χ3n) is 2.00. The van der Waals surface area contributed by atoms with Crippen LogP contribution in [0.2, 0.25) is 0 Å². The molecule has 0 atom stereocenters. The molecule has 1 amide bonds. The van der Waals surface area contributed by atoms with E-state index in [1.165, 1.54) is 17.6 Å². The average Bonchev–Trinajstić information content (AvgIpc) is 2.88. The first-order valence-electron chi connectivity index (χ1n) is 5.02. The van der Waals surface area contributed by atoms with Crippen molar-refractivity contribution >= 4 is 34.1 Å². The Bertz CT molecular complexity index is 521. The molecule has 0 saturated heterocycles. The van der Waals surface area contributed by atoms with Crippen LogP contribution in [0, 0.1) is 6.92 Å². The van der Waals surface area contributed by atoms with E-state index in [1.54, 1.807) is 24.8 Å². The molecule has 2 heterocycles. The maximum absolute atomic E-state index is 11.8. The van der Waals surface area contributed by atoms with E-state index in [0.717, 1.165) is 10.1 Å². The van der Waals surface area contributed by atoms with E-state index in [4.69, 9.17) is 4.42 Å². The summed E-state index contributed by atoms with van der Waals surface area (Å²) in [4.78, 5) is 11.8. The minimum absolute atomic E-state index is 0.222. The highest BCUT2D eigenvalue weighted by molar-refractivity contribution is 8.01. The number of aryl methyl sites for hydroxylation is 1. The summed E-state index contributed by atoms with van der Waals surface area (Å²) in [7, 11) is 0. The van der Waals surface area contributed by atoms with E-state index < -0.39 is 0 Å². The lowest BCUT2D eigenvalue weighted by atomic mass is 10.2. The number of amides is 1. The molecule has 0 unspecified atom stereocenters. The van der Waals surface area contributed by atoms with Crippen molar-refractivity contribution in [2.45, 2.75) is 18.2 Å². The number of thioether (sulfide) groups is 1. The summed E-state index contributed by atoms with van der Waals surface area (Å²) >= 11 is 2.97. The van der Waals surface area contributed by atoms with E-state index in [9.17, 15) is 4.79 Å². The first kappa shape index (κ1) is 12.1. The van der Waals surface area contributed by atoms with Gasteiger partial charge in [0.15, 0.2) is 4.34 Å². The van der Waals surface area contributed by atoms with Crippen LogP contribution >= 0.6 is 23.1 Å². The summed E-state index contributed by atoms with van der Waals surface area (Å²) in [5, 5.41) is 11.1. The number of hydrogen-bond acceptors (Lipinski definition) is 6. The van der Waals surface area contributed by atoms with Crippen LogP contribution in [0.15, 0.2) is 21.1 Å². The molecule has 7 heteroatoms. The van der Waals surface area contributed by atoms with Crippen molar-refractivity contribution in [3.8, 4) is 0 Å². The highest BCUT2D eigenvalue weighted by Gasteiger charge is 2.13. The molecular weight excluding hydrogens is 258 g/mol. The Morgan fingerprint density at radius 1 is 1.59 bits per heavy atom. The standard InChI is InChI=1S/C10H11N3O2S2/c1-3-16-10-13-12-9(17-10)11-8(14)7-4-5-15-6(7)2/h4-5H,3H2,1-2H3,(H,11,12,14). The normalized spacial score (nSPS) is 10.5. The van der Waals surface area contributed by atoms with Gasteiger partial charge in [0.05, 0.1) is 11.8 Å². The van der Waals surface area contributed by atoms with Gasteiger partial charge in [-0.05, 0) is 18.7 Å². The van der Waals surface area contributed by atoms with Crippen molar-refractivity contribution in [3.05, 3.63) is 23.7 Å². The zero-order valence-electron chi connectivity index (χ0n) is 9.39. The molecule has 1 N–H and O–H groups in total. The smallest absolute Gasteiger partial charge is 0.261 e. The van der Waals surface area contributed by atoms with Crippen molar-refractivity contribution in [2.24, 2.45) is 0 Å². The van der Waals surface area contributed by atoms with Crippen LogP contribution < -0.4 is 5.32 Å². The molecule has 0 aromatic carbocycles. The summed E-state index contributed by atoms with van der Waals surface area (Å²) in [6.45, 7) is 3.78. The Hall–Kier alpha value is -1.34. The molecule has 0 radical (unpaired) electrons. The van der Waals surface area contributed by atoms with Gasteiger partial charge in [0.1, 0.15) is 5.76 Å². The predicted molar refractivity (Wildman–Crippen MR) is 67.7 cm³/mol. The summed E-state index contributed by atoms with van der Waals surface area (Å²) in [6, 6.07) is 1.63. The number of carbonyl (C=O) groups is 1. The fraction of sp³-hybridized carbons (Fsp3) is 0.300. The van der Waals surface area contributed by atoms with Crippen molar-refractivity contribution < 1.29 is 9.21 Å². The topological polar surface area (TPSA) is 68.0 Å². The highest BCUT2D eigenvalue weighted by Crippen LogP contribution is 2.25. The zero-order chi connectivity index (χ0) is 12.3. The van der Waals surface area contributed by atoms with Crippen molar-refractivity contribution in [3.63, 3.8) is 0 Å². The molecule has 17 heavy (non-hydrogen) atoms. The number of furan rings is 1. The molecule has 0 saturated carbocycles. The van der Waals surface area contributed by atoms with Crippen LogP contribution in [0.5, 0.6) is 0 Å². The maximum Gasteiger partial charge on any atom is 0.261 e. The summed E-state index contributed by atoms with van der Waals surface area (Å²) < 4.78 is 5.92. The predicted octanol–water partition coefficient (Wildman–Crippen LogP) is 2.80. The summed E-state index contributed by atoms with van der Waals surface area (Å²) in [5.74, 6) is 1.30. The second kappa shape index (κ2) is 5.33. The molecule has 0 fully saturated rings. The molecule has 2 aromatic heterocycles. The molecule has 0 spiro atoms. The van der Waals surface area contributed by atoms with Crippen LogP contribution in [0.1, 0.15) is 23.0 Å². The molecule has 2 aromatic rings. The third kappa shape index (κ3) is 2.86. The number of aromatic nitrogens is 2. The third-order valence-corrected chi connectivity index (χ3v) is 3.85. The van der Waals surface area contributed by atoms with E-state index in [-0.39, 0.29) is 5.91 Å². The highest BCUT2D eigenvalue weighted by atomic mass is 32.2. The lowest BCUT2D eigenvalue weighted by Gasteiger charge is -1.98. The number of carbonyl (C=O) groups excluding carboxylic acids is 1. The number of nitrogens with one attached hydrogen (secondary N) is 1. The lowest BCUT2D eigenvalue weighted by Crippen LogP contribution is -2.11. The van der Waals surface area contributed by atoms with Gasteiger partial charge < -0.3 is 4.42 Å². The molecule has 0 bridgehead atoms. The van der Waals surface area contributed by atoms with Crippen LogP contribution in [-0.4, -0.2) is 21.9 Å². The van der Waals surface area contributed by atoms with Crippen molar-refractivity contribution in [2.75, 3.05) is 11.1 Å². The second-order valence-corrected chi connectivity index (χ2v) is 5.64. The molecule has 0 aliphatic rings. The molecule has 0 aliphatic carbocycles. The van der Waals surface area contributed by atoms with Gasteiger partial charge in [-0.1, -0.05) is 30.0 Å². The van der Waals surface area contributed by atoms with Gasteiger partial charge in [-0.3, -0.25) is 10.1 Å². The van der Waals surface area contributed by atoms with Gasteiger partial charge >= 0.3 is 0 Å². The van der Waals surface area contributed by atoms with Crippen LogP contribution in [0.3, 0.4) is 0 Å². The van der Waals surface area contributed by atoms with Gasteiger partial charge in [-0.2, -0.15) is 0 Å². The Labute approximate surface area is 107 Å². The fourth-order valence-corrected chi connectivity index (χ4v) is 2.87. The van der Waals surface area contributed by atoms with Crippen LogP contribution in [-0.2, 0) is 0 Å². The molecule has 2 rings (SSSR count). The molecule has 5 nitrogen and oxygen atoms in total. The monoisotopic (exact) mass is 269 g/mol. The maximum atomic E-state index is 11.8. The second-order valence-electron chi connectivity index (χ2n) is 3.15. The van der Waals surface area contributed by atoms with E-state index in [2.05, 4.69) is 15.5 Å². The average molecular weight is 269 g/mol. The van der Waals surface area contributed by atoms with Crippen molar-refractivity contribution in [1.29, 1.82) is 0 Å². The molecule has 0 aliphatic heterocycles. The minimum Gasteiger partial charge on any atom is -0.469 e. The number of anilines is 1. The van der Waals surface area contributed by atoms with E-state index >= 15 is 0 Å². The first-order valence-corrected chi connectivity index (χ1v) is 6.82. The van der Waals surface area contributed by atoms with Crippen LogP contribution in [0.4, 0.5) is 5.13 Å². The fourth-order valence-electron chi connectivity index (χ4n) is 1.23. The summed E-state index contributed by atoms with van der Waals surface area (Å²) in [6.07, 6.45) is 1.49. The SMILES string of the molecule is CCSc1nnc(NC(=O)c2ccoc2C)s1. The largest absolute Gasteiger partial charge is 0.469 e. The lowest BCUT2D eigenvalue weighted by molar-refractivity contribution is 0.102. The number of rotatable bonds is 4. The quantitative estimate of drug-likeness (QED) is 0.683. The number of nitrogens with zero attached hydrogens (tertiary/aromatic N) is 2. The Morgan fingerprint density at radius 3 is 3.06 bits per heavy atom. The van der Waals surface area contributed by atoms with Gasteiger partial charge in [0.2, 0.25) is 5.13 Å². The summed E-state index contributed by atoms with van der Waals surface area (Å²) in [5.41, 5.74) is 0.518. The van der Waals surface area contributed by atoms with Gasteiger partial charge in [-0.15, -0.1) is 10.2 Å². The zero-order valence-corrected chi connectivity index (χ0v) is 11.0. The Kier molecular flexibility index (Phi) is 3.80. The molecule has 90 valence electrons. The van der Waals surface area contributed by atoms with Crippen molar-refractivity contribution in [1.82, 2.24) is 10.2 Å². The minimum atomic E-state index is -0.222. The molecular formula is C10H11N3O2S2. The van der Waals surface area contributed by atoms with E-state index in [1.807, 2.05) is 6.92 Å². The Balaban J connectivity index is 2.05. The van der Waals surface area contributed by atoms with Crippen LogP contribution in [0.25, 0.3) is 0 Å². The number of hydrogen-bond donors (Lipinski definition) is 1. The van der Waals surface area contributed by atoms with Gasteiger partial charge in [-0.25, -0.2) is 0 Å².